The molecule has 4 nitrogen and oxygen atoms in total. The van der Waals surface area contributed by atoms with Gasteiger partial charge in [-0.1, -0.05) is 62.4 Å². The van der Waals surface area contributed by atoms with Crippen molar-refractivity contribution in [2.75, 3.05) is 0 Å². The van der Waals surface area contributed by atoms with Gasteiger partial charge in [0.2, 0.25) is 0 Å². The number of aryl methyl sites for hydroxylation is 2. The molecule has 2 aromatic carbocycles. The zero-order valence-corrected chi connectivity index (χ0v) is 16.9. The van der Waals surface area contributed by atoms with Crippen LogP contribution in [0.15, 0.2) is 59.9 Å². The molecule has 0 saturated carbocycles. The molecule has 1 unspecified atom stereocenters. The molecule has 0 amide bonds. The standard InChI is InChI=1S/C25H26O4/c1-15(2)13-22-24(27)23(25(28)29-22)21(26)14-20-18-9-5-3-7-16(18)11-12-17-8-4-6-10-19(17)20/h3-10,15,20,22,27H,11-14H2,1-2H3. The zero-order chi connectivity index (χ0) is 20.5. The number of rotatable bonds is 5. The third-order valence-corrected chi connectivity index (χ3v) is 5.89. The molecule has 0 radical (unpaired) electrons. The van der Waals surface area contributed by atoms with Crippen molar-refractivity contribution in [3.63, 3.8) is 0 Å². The summed E-state index contributed by atoms with van der Waals surface area (Å²) in [4.78, 5) is 25.5. The third kappa shape index (κ3) is 3.71. The minimum absolute atomic E-state index is 0.136. The molecule has 1 aliphatic carbocycles. The van der Waals surface area contributed by atoms with E-state index in [1.807, 2.05) is 38.1 Å². The van der Waals surface area contributed by atoms with Gasteiger partial charge in [-0.25, -0.2) is 4.79 Å². The predicted octanol–water partition coefficient (Wildman–Crippen LogP) is 4.66. The van der Waals surface area contributed by atoms with Gasteiger partial charge in [-0.15, -0.1) is 0 Å². The minimum atomic E-state index is -0.713. The average Bonchev–Trinajstić information content (AvgIpc) is 2.88. The monoisotopic (exact) mass is 390 g/mol. The first-order chi connectivity index (χ1) is 14.0. The van der Waals surface area contributed by atoms with E-state index in [1.54, 1.807) is 0 Å². The zero-order valence-electron chi connectivity index (χ0n) is 16.9. The Hall–Kier alpha value is -2.88. The van der Waals surface area contributed by atoms with Crippen LogP contribution in [0.2, 0.25) is 0 Å². The number of esters is 1. The van der Waals surface area contributed by atoms with Crippen LogP contribution < -0.4 is 0 Å². The molecule has 150 valence electrons. The molecule has 0 fully saturated rings. The molecule has 2 aliphatic rings. The number of hydrogen-bond acceptors (Lipinski definition) is 4. The molecular formula is C25H26O4. The van der Waals surface area contributed by atoms with Crippen molar-refractivity contribution in [1.29, 1.82) is 0 Å². The fourth-order valence-corrected chi connectivity index (χ4v) is 4.50. The van der Waals surface area contributed by atoms with Crippen molar-refractivity contribution < 1.29 is 19.4 Å². The van der Waals surface area contributed by atoms with E-state index >= 15 is 0 Å². The predicted molar refractivity (Wildman–Crippen MR) is 111 cm³/mol. The van der Waals surface area contributed by atoms with Crippen LogP contribution in [-0.2, 0) is 27.2 Å². The summed E-state index contributed by atoms with van der Waals surface area (Å²) < 4.78 is 5.29. The number of Topliss-reactive ketones (excluding diaryl/α,β-unsaturated/α-hetero) is 1. The number of ether oxygens (including phenoxy) is 1. The summed E-state index contributed by atoms with van der Waals surface area (Å²) in [5.74, 6) is -1.16. The summed E-state index contributed by atoms with van der Waals surface area (Å²) in [6.45, 7) is 3.97. The van der Waals surface area contributed by atoms with E-state index in [2.05, 4.69) is 24.3 Å². The molecule has 0 spiro atoms. The van der Waals surface area contributed by atoms with E-state index in [0.717, 1.165) is 24.0 Å². The molecule has 1 heterocycles. The van der Waals surface area contributed by atoms with E-state index in [0.29, 0.717) is 6.42 Å². The third-order valence-electron chi connectivity index (χ3n) is 5.89. The number of cyclic esters (lactones) is 1. The number of ketones is 1. The first-order valence-electron chi connectivity index (χ1n) is 10.3. The molecule has 1 N–H and O–H groups in total. The highest BCUT2D eigenvalue weighted by molar-refractivity contribution is 6.19. The number of benzene rings is 2. The fourth-order valence-electron chi connectivity index (χ4n) is 4.50. The Morgan fingerprint density at radius 1 is 1.03 bits per heavy atom. The number of carbonyl (C=O) groups is 2. The molecule has 0 aromatic heterocycles. The Kier molecular flexibility index (Phi) is 5.27. The minimum Gasteiger partial charge on any atom is -0.507 e. The lowest BCUT2D eigenvalue weighted by Gasteiger charge is -2.19. The number of hydrogen-bond donors (Lipinski definition) is 1. The maximum atomic E-state index is 13.2. The summed E-state index contributed by atoms with van der Waals surface area (Å²) in [5.41, 5.74) is 4.53. The lowest BCUT2D eigenvalue weighted by atomic mass is 9.83. The topological polar surface area (TPSA) is 63.6 Å². The van der Waals surface area contributed by atoms with Crippen LogP contribution in [0.1, 0.15) is 54.9 Å². The molecular weight excluding hydrogens is 364 g/mol. The van der Waals surface area contributed by atoms with Gasteiger partial charge in [0.25, 0.3) is 0 Å². The molecule has 0 saturated heterocycles. The Morgan fingerprint density at radius 3 is 2.14 bits per heavy atom. The van der Waals surface area contributed by atoms with E-state index in [-0.39, 0.29) is 35.4 Å². The number of aliphatic hydroxyl groups is 1. The highest BCUT2D eigenvalue weighted by Gasteiger charge is 2.39. The van der Waals surface area contributed by atoms with Crippen LogP contribution in [0.25, 0.3) is 0 Å². The van der Waals surface area contributed by atoms with Crippen LogP contribution in [-0.4, -0.2) is 23.0 Å². The number of aliphatic hydroxyl groups excluding tert-OH is 1. The quantitative estimate of drug-likeness (QED) is 0.596. The molecule has 4 heteroatoms. The van der Waals surface area contributed by atoms with E-state index in [1.165, 1.54) is 11.1 Å². The summed E-state index contributed by atoms with van der Waals surface area (Å²) in [6, 6.07) is 16.4. The van der Waals surface area contributed by atoms with E-state index in [4.69, 9.17) is 4.74 Å². The van der Waals surface area contributed by atoms with Gasteiger partial charge in [0, 0.05) is 12.3 Å². The lowest BCUT2D eigenvalue weighted by molar-refractivity contribution is -0.141. The molecule has 1 atom stereocenters. The van der Waals surface area contributed by atoms with Crippen LogP contribution >= 0.6 is 0 Å². The second-order valence-corrected chi connectivity index (χ2v) is 8.36. The van der Waals surface area contributed by atoms with Gasteiger partial charge in [0.15, 0.2) is 17.6 Å². The van der Waals surface area contributed by atoms with Crippen molar-refractivity contribution in [3.05, 3.63) is 82.1 Å². The van der Waals surface area contributed by atoms with E-state index in [9.17, 15) is 14.7 Å². The van der Waals surface area contributed by atoms with Crippen molar-refractivity contribution in [2.24, 2.45) is 5.92 Å². The van der Waals surface area contributed by atoms with Crippen molar-refractivity contribution in [3.8, 4) is 0 Å². The summed E-state index contributed by atoms with van der Waals surface area (Å²) in [7, 11) is 0. The fraction of sp³-hybridized carbons (Fsp3) is 0.360. The molecule has 4 rings (SSSR count). The molecule has 0 bridgehead atoms. The van der Waals surface area contributed by atoms with Crippen LogP contribution in [0.4, 0.5) is 0 Å². The SMILES string of the molecule is CC(C)CC1OC(=O)C(C(=O)CC2c3ccccc3CCc3ccccc32)=C1O. The summed E-state index contributed by atoms with van der Waals surface area (Å²) in [5, 5.41) is 10.5. The van der Waals surface area contributed by atoms with Crippen LogP contribution in [0, 0.1) is 5.92 Å². The largest absolute Gasteiger partial charge is 0.507 e. The van der Waals surface area contributed by atoms with Crippen molar-refractivity contribution in [1.82, 2.24) is 0 Å². The Morgan fingerprint density at radius 2 is 1.59 bits per heavy atom. The van der Waals surface area contributed by atoms with Gasteiger partial charge < -0.3 is 9.84 Å². The normalized spacial score (nSPS) is 19.0. The lowest BCUT2D eigenvalue weighted by Crippen LogP contribution is -2.16. The summed E-state index contributed by atoms with van der Waals surface area (Å²) >= 11 is 0. The molecule has 1 aliphatic heterocycles. The van der Waals surface area contributed by atoms with Gasteiger partial charge in [-0.3, -0.25) is 4.79 Å². The first kappa shape index (κ1) is 19.4. The second kappa shape index (κ2) is 7.86. The van der Waals surface area contributed by atoms with Crippen molar-refractivity contribution in [2.45, 2.75) is 51.6 Å². The molecule has 2 aromatic rings. The Balaban J connectivity index is 1.70. The van der Waals surface area contributed by atoms with Gasteiger partial charge >= 0.3 is 5.97 Å². The Labute approximate surface area is 171 Å². The maximum absolute atomic E-state index is 13.2. The van der Waals surface area contributed by atoms with Gasteiger partial charge in [0.05, 0.1) is 0 Å². The van der Waals surface area contributed by atoms with Crippen LogP contribution in [0.5, 0.6) is 0 Å². The van der Waals surface area contributed by atoms with Crippen molar-refractivity contribution >= 4 is 11.8 Å². The van der Waals surface area contributed by atoms with Gasteiger partial charge in [-0.2, -0.15) is 0 Å². The van der Waals surface area contributed by atoms with Gasteiger partial charge in [0.1, 0.15) is 5.57 Å². The van der Waals surface area contributed by atoms with Gasteiger partial charge in [-0.05, 0) is 47.4 Å². The highest BCUT2D eigenvalue weighted by Crippen LogP contribution is 2.38. The highest BCUT2D eigenvalue weighted by atomic mass is 16.6. The average molecular weight is 390 g/mol. The molecule has 29 heavy (non-hydrogen) atoms. The summed E-state index contributed by atoms with van der Waals surface area (Å²) in [6.07, 6.45) is 1.77. The van der Waals surface area contributed by atoms with Crippen LogP contribution in [0.3, 0.4) is 0 Å². The maximum Gasteiger partial charge on any atom is 0.346 e. The Bertz CT molecular complexity index is 938. The number of carbonyl (C=O) groups excluding carboxylic acids is 2. The smallest absolute Gasteiger partial charge is 0.346 e. The first-order valence-corrected chi connectivity index (χ1v) is 10.3. The number of fused-ring (bicyclic) bond motifs is 2. The van der Waals surface area contributed by atoms with E-state index < -0.39 is 12.1 Å². The second-order valence-electron chi connectivity index (χ2n) is 8.36.